The molecule has 4 amide bonds. The molecular formula is C20H25N3O5. The van der Waals surface area contributed by atoms with E-state index in [9.17, 15) is 19.2 Å². The topological polar surface area (TPSA) is 107 Å². The van der Waals surface area contributed by atoms with Gasteiger partial charge in [0.2, 0.25) is 5.91 Å². The van der Waals surface area contributed by atoms with Crippen LogP contribution in [0.25, 0.3) is 0 Å². The Labute approximate surface area is 163 Å². The van der Waals surface area contributed by atoms with Crippen molar-refractivity contribution in [2.24, 2.45) is 5.41 Å². The third-order valence-electron chi connectivity index (χ3n) is 5.23. The molecule has 2 heterocycles. The van der Waals surface area contributed by atoms with Crippen molar-refractivity contribution in [3.05, 3.63) is 35.9 Å². The third-order valence-corrected chi connectivity index (χ3v) is 5.23. The first-order valence-corrected chi connectivity index (χ1v) is 9.35. The van der Waals surface area contributed by atoms with Crippen LogP contribution in [0.4, 0.5) is 4.79 Å². The number of carbonyl (C=O) groups is 4. The number of rotatable bonds is 6. The zero-order chi connectivity index (χ0) is 20.5. The highest BCUT2D eigenvalue weighted by Crippen LogP contribution is 2.30. The van der Waals surface area contributed by atoms with Gasteiger partial charge >= 0.3 is 12.0 Å². The van der Waals surface area contributed by atoms with E-state index in [-0.39, 0.29) is 31.2 Å². The fraction of sp³-hybridized carbons (Fsp3) is 0.500. The molecule has 150 valence electrons. The van der Waals surface area contributed by atoms with Crippen molar-refractivity contribution in [1.29, 1.82) is 0 Å². The average molecular weight is 387 g/mol. The average Bonchev–Trinajstić information content (AvgIpc) is 3.02. The lowest BCUT2D eigenvalue weighted by Crippen LogP contribution is -2.64. The van der Waals surface area contributed by atoms with Crippen molar-refractivity contribution >= 4 is 23.8 Å². The van der Waals surface area contributed by atoms with E-state index in [2.05, 4.69) is 5.32 Å². The molecule has 28 heavy (non-hydrogen) atoms. The Morgan fingerprint density at radius 2 is 1.86 bits per heavy atom. The fourth-order valence-corrected chi connectivity index (χ4v) is 3.92. The summed E-state index contributed by atoms with van der Waals surface area (Å²) in [6.07, 6.45) is 0.403. The largest absolute Gasteiger partial charge is 0.481 e. The molecule has 2 aliphatic rings. The van der Waals surface area contributed by atoms with E-state index in [4.69, 9.17) is 5.11 Å². The molecule has 1 aromatic rings. The molecule has 1 aromatic carbocycles. The molecule has 8 heteroatoms. The Hall–Kier alpha value is -2.90. The van der Waals surface area contributed by atoms with E-state index in [0.29, 0.717) is 13.0 Å². The van der Waals surface area contributed by atoms with Gasteiger partial charge in [0.1, 0.15) is 6.04 Å². The van der Waals surface area contributed by atoms with Crippen LogP contribution in [-0.2, 0) is 20.9 Å². The lowest BCUT2D eigenvalue weighted by Gasteiger charge is -2.37. The highest BCUT2D eigenvalue weighted by molar-refractivity contribution is 6.02. The summed E-state index contributed by atoms with van der Waals surface area (Å²) in [5.41, 5.74) is 0.106. The molecule has 0 radical (unpaired) electrons. The molecule has 0 unspecified atom stereocenters. The molecule has 8 nitrogen and oxygen atoms in total. The van der Waals surface area contributed by atoms with Gasteiger partial charge in [-0.05, 0) is 17.4 Å². The number of hydrogen-bond acceptors (Lipinski definition) is 4. The van der Waals surface area contributed by atoms with Gasteiger partial charge in [-0.15, -0.1) is 0 Å². The Morgan fingerprint density at radius 1 is 1.18 bits per heavy atom. The van der Waals surface area contributed by atoms with E-state index in [0.717, 1.165) is 10.5 Å². The predicted molar refractivity (Wildman–Crippen MR) is 100 cm³/mol. The highest BCUT2D eigenvalue weighted by Gasteiger charge is 2.49. The number of amides is 4. The number of likely N-dealkylation sites (tertiary alicyclic amines) is 1. The molecule has 2 aliphatic heterocycles. The number of nitrogens with zero attached hydrogens (tertiary/aromatic N) is 2. The number of hydrogen-bond donors (Lipinski definition) is 2. The van der Waals surface area contributed by atoms with Crippen LogP contribution in [0.15, 0.2) is 30.3 Å². The Bertz CT molecular complexity index is 792. The second-order valence-corrected chi connectivity index (χ2v) is 8.20. The van der Waals surface area contributed by atoms with Crippen molar-refractivity contribution in [3.63, 3.8) is 0 Å². The summed E-state index contributed by atoms with van der Waals surface area (Å²) in [4.78, 5) is 52.0. The van der Waals surface area contributed by atoms with E-state index in [1.165, 1.54) is 4.90 Å². The number of imide groups is 1. The quantitative estimate of drug-likeness (QED) is 0.771. The maximum Gasteiger partial charge on any atom is 0.324 e. The van der Waals surface area contributed by atoms with Gasteiger partial charge in [0.25, 0.3) is 5.91 Å². The summed E-state index contributed by atoms with van der Waals surface area (Å²) < 4.78 is 0. The van der Waals surface area contributed by atoms with Crippen LogP contribution < -0.4 is 5.32 Å². The minimum absolute atomic E-state index is 0.0302. The molecule has 0 saturated carbocycles. The monoisotopic (exact) mass is 387 g/mol. The summed E-state index contributed by atoms with van der Waals surface area (Å²) in [6.45, 7) is 3.95. The van der Waals surface area contributed by atoms with Crippen LogP contribution in [0.1, 0.15) is 38.7 Å². The smallest absolute Gasteiger partial charge is 0.324 e. The van der Waals surface area contributed by atoms with Crippen LogP contribution in [0, 0.1) is 5.41 Å². The Morgan fingerprint density at radius 3 is 2.50 bits per heavy atom. The van der Waals surface area contributed by atoms with Gasteiger partial charge in [-0.2, -0.15) is 0 Å². The minimum Gasteiger partial charge on any atom is -0.481 e. The highest BCUT2D eigenvalue weighted by atomic mass is 16.4. The van der Waals surface area contributed by atoms with Crippen molar-refractivity contribution in [1.82, 2.24) is 15.1 Å². The van der Waals surface area contributed by atoms with Crippen molar-refractivity contribution < 1.29 is 24.3 Å². The summed E-state index contributed by atoms with van der Waals surface area (Å²) in [6, 6.07) is 7.59. The summed E-state index contributed by atoms with van der Waals surface area (Å²) in [5.74, 6) is -1.62. The van der Waals surface area contributed by atoms with E-state index >= 15 is 0 Å². The Kier molecular flexibility index (Phi) is 5.40. The van der Waals surface area contributed by atoms with Crippen LogP contribution in [0.3, 0.4) is 0 Å². The van der Waals surface area contributed by atoms with Crippen LogP contribution in [0.5, 0.6) is 0 Å². The molecule has 2 atom stereocenters. The van der Waals surface area contributed by atoms with Crippen LogP contribution >= 0.6 is 0 Å². The van der Waals surface area contributed by atoms with Crippen molar-refractivity contribution in [2.45, 2.75) is 51.7 Å². The van der Waals surface area contributed by atoms with E-state index in [1.807, 2.05) is 30.3 Å². The van der Waals surface area contributed by atoms with Crippen LogP contribution in [-0.4, -0.2) is 57.3 Å². The minimum atomic E-state index is -0.966. The number of aliphatic carboxylic acids is 1. The van der Waals surface area contributed by atoms with E-state index < -0.39 is 29.5 Å². The standard InChI is InChI=1S/C20H25N3O5/c1-20(2,11-16(25)26)10-15(24)22-9-8-14-17(22)18(27)23(19(28)21-14)12-13-6-4-3-5-7-13/h3-7,14,17H,8-12H2,1-2H3,(H,21,28)(H,25,26)/t14-,17-/m0/s1. The fourth-order valence-electron chi connectivity index (χ4n) is 3.92. The molecule has 0 bridgehead atoms. The molecule has 2 fully saturated rings. The number of benzene rings is 1. The second-order valence-electron chi connectivity index (χ2n) is 8.20. The van der Waals surface area contributed by atoms with Crippen LogP contribution in [0.2, 0.25) is 0 Å². The molecule has 3 rings (SSSR count). The van der Waals surface area contributed by atoms with Crippen molar-refractivity contribution in [3.8, 4) is 0 Å². The van der Waals surface area contributed by atoms with Gasteiger partial charge in [0.15, 0.2) is 0 Å². The first kappa shape index (κ1) is 19.9. The van der Waals surface area contributed by atoms with Gasteiger partial charge in [-0.25, -0.2) is 4.79 Å². The maximum absolute atomic E-state index is 13.1. The number of fused-ring (bicyclic) bond motifs is 1. The zero-order valence-corrected chi connectivity index (χ0v) is 16.1. The molecular weight excluding hydrogens is 362 g/mol. The SMILES string of the molecule is CC(C)(CC(=O)O)CC(=O)N1CC[C@@H]2NC(=O)N(Cc3ccccc3)C(=O)[C@H]21. The van der Waals surface area contributed by atoms with Crippen molar-refractivity contribution in [2.75, 3.05) is 6.54 Å². The third kappa shape index (κ3) is 4.16. The second kappa shape index (κ2) is 7.61. The number of carboxylic acid groups (broad SMARTS) is 1. The lowest BCUT2D eigenvalue weighted by atomic mass is 9.85. The maximum atomic E-state index is 13.1. The normalized spacial score (nSPS) is 22.1. The summed E-state index contributed by atoms with van der Waals surface area (Å²) in [5, 5.41) is 11.9. The number of nitrogens with one attached hydrogen (secondary N) is 1. The predicted octanol–water partition coefficient (Wildman–Crippen LogP) is 1.60. The molecule has 2 N–H and O–H groups in total. The number of carbonyl (C=O) groups excluding carboxylic acids is 3. The Balaban J connectivity index is 1.74. The van der Waals surface area contributed by atoms with E-state index in [1.54, 1.807) is 13.8 Å². The summed E-state index contributed by atoms with van der Waals surface area (Å²) >= 11 is 0. The number of carboxylic acids is 1. The summed E-state index contributed by atoms with van der Waals surface area (Å²) in [7, 11) is 0. The van der Waals surface area contributed by atoms with Gasteiger partial charge in [0, 0.05) is 13.0 Å². The first-order chi connectivity index (χ1) is 13.2. The molecule has 0 spiro atoms. The van der Waals surface area contributed by atoms with Gasteiger partial charge in [-0.1, -0.05) is 44.2 Å². The first-order valence-electron chi connectivity index (χ1n) is 9.35. The zero-order valence-electron chi connectivity index (χ0n) is 16.1. The van der Waals surface area contributed by atoms with Gasteiger partial charge < -0.3 is 15.3 Å². The van der Waals surface area contributed by atoms with Gasteiger partial charge in [0.05, 0.1) is 19.0 Å². The molecule has 0 aromatic heterocycles. The number of urea groups is 1. The molecule has 2 saturated heterocycles. The molecule has 0 aliphatic carbocycles. The lowest BCUT2D eigenvalue weighted by molar-refractivity contribution is -0.146. The van der Waals surface area contributed by atoms with Gasteiger partial charge in [-0.3, -0.25) is 19.3 Å².